The molecule has 0 bridgehead atoms. The first-order valence-electron chi connectivity index (χ1n) is 11.2. The van der Waals surface area contributed by atoms with Gasteiger partial charge in [-0.2, -0.15) is 11.3 Å². The minimum atomic E-state index is -0.538. The lowest BCUT2D eigenvalue weighted by atomic mass is 9.96. The number of carbonyl (C=O) groups excluding carboxylic acids is 3. The summed E-state index contributed by atoms with van der Waals surface area (Å²) in [6, 6.07) is 1.12. The molecule has 1 fully saturated rings. The van der Waals surface area contributed by atoms with Crippen LogP contribution < -0.4 is 10.6 Å². The zero-order chi connectivity index (χ0) is 23.1. The largest absolute Gasteiger partial charge is 0.463 e. The van der Waals surface area contributed by atoms with Crippen LogP contribution in [0.5, 0.6) is 0 Å². The number of esters is 1. The summed E-state index contributed by atoms with van der Waals surface area (Å²) in [5.41, 5.74) is 2.03. The summed E-state index contributed by atoms with van der Waals surface area (Å²) in [4.78, 5) is 43.9. The van der Waals surface area contributed by atoms with Crippen molar-refractivity contribution in [2.24, 2.45) is 0 Å². The number of rotatable bonds is 7. The maximum atomic E-state index is 13.1. The number of hydrogen-bond donors (Lipinski definition) is 2. The Morgan fingerprint density at radius 1 is 1.22 bits per heavy atom. The topological polar surface area (TPSA) is 94.2 Å². The molecule has 1 aromatic rings. The predicted octanol–water partition coefficient (Wildman–Crippen LogP) is 2.39. The van der Waals surface area contributed by atoms with Crippen molar-refractivity contribution in [1.29, 1.82) is 0 Å². The number of likely N-dealkylation sites (N-methyl/N-ethyl adjacent to an activating group) is 1. The molecule has 0 saturated carbocycles. The zero-order valence-electron chi connectivity index (χ0n) is 19.1. The highest BCUT2D eigenvalue weighted by molar-refractivity contribution is 7.08. The number of nitrogens with one attached hydrogen (secondary N) is 2. The number of amides is 4. The fourth-order valence-corrected chi connectivity index (χ4v) is 4.84. The molecular weight excluding hydrogens is 430 g/mol. The third kappa shape index (κ3) is 5.42. The minimum Gasteiger partial charge on any atom is -0.463 e. The van der Waals surface area contributed by atoms with E-state index in [0.717, 1.165) is 18.5 Å². The van der Waals surface area contributed by atoms with Crippen molar-refractivity contribution in [2.45, 2.75) is 33.2 Å². The minimum absolute atomic E-state index is 0.0504. The van der Waals surface area contributed by atoms with E-state index in [0.29, 0.717) is 50.5 Å². The standard InChI is InChI=1S/C22H33N5O4S/c1-4-23-21(29)26-10-7-9-25(11-12-26)14-17-18(20(28)31-6-3)19(16-8-13-32-15-16)24-22(30)27(17)5-2/h8,13,15,19H,4-7,9-12,14H2,1-3H3,(H,23,29)(H,24,30). The lowest BCUT2D eigenvalue weighted by Gasteiger charge is -2.37. The van der Waals surface area contributed by atoms with Crippen molar-refractivity contribution in [3.05, 3.63) is 33.7 Å². The van der Waals surface area contributed by atoms with E-state index in [1.807, 2.05) is 35.6 Å². The van der Waals surface area contributed by atoms with Crippen molar-refractivity contribution in [2.75, 3.05) is 52.4 Å². The van der Waals surface area contributed by atoms with Crippen LogP contribution in [0.4, 0.5) is 9.59 Å². The first kappa shape index (κ1) is 24.1. The van der Waals surface area contributed by atoms with Crippen molar-refractivity contribution in [1.82, 2.24) is 25.3 Å². The van der Waals surface area contributed by atoms with Crippen molar-refractivity contribution >= 4 is 29.4 Å². The van der Waals surface area contributed by atoms with E-state index in [1.165, 1.54) is 11.3 Å². The average molecular weight is 464 g/mol. The van der Waals surface area contributed by atoms with Crippen LogP contribution in [0.1, 0.15) is 38.8 Å². The summed E-state index contributed by atoms with van der Waals surface area (Å²) in [6.07, 6.45) is 0.825. The maximum Gasteiger partial charge on any atom is 0.338 e. The second kappa shape index (κ2) is 11.3. The Hall–Kier alpha value is -2.59. The highest BCUT2D eigenvalue weighted by atomic mass is 32.1. The lowest BCUT2D eigenvalue weighted by Crippen LogP contribution is -2.51. The Kier molecular flexibility index (Phi) is 8.52. The lowest BCUT2D eigenvalue weighted by molar-refractivity contribution is -0.139. The van der Waals surface area contributed by atoms with Gasteiger partial charge in [-0.15, -0.1) is 0 Å². The Morgan fingerprint density at radius 2 is 2.03 bits per heavy atom. The second-order valence-electron chi connectivity index (χ2n) is 7.72. The molecule has 10 heteroatoms. The second-order valence-corrected chi connectivity index (χ2v) is 8.50. The van der Waals surface area contributed by atoms with Crippen LogP contribution in [0.25, 0.3) is 0 Å². The molecule has 4 amide bonds. The summed E-state index contributed by atoms with van der Waals surface area (Å²) in [5, 5.41) is 9.71. The molecule has 0 spiro atoms. The first-order valence-corrected chi connectivity index (χ1v) is 12.2. The first-order chi connectivity index (χ1) is 15.5. The van der Waals surface area contributed by atoms with Crippen LogP contribution in [-0.4, -0.2) is 85.2 Å². The average Bonchev–Trinajstić information content (AvgIpc) is 3.20. The third-order valence-electron chi connectivity index (χ3n) is 5.70. The van der Waals surface area contributed by atoms with Gasteiger partial charge >= 0.3 is 18.0 Å². The van der Waals surface area contributed by atoms with Gasteiger partial charge in [0.05, 0.1) is 18.2 Å². The van der Waals surface area contributed by atoms with Crippen LogP contribution in [0.15, 0.2) is 28.1 Å². The van der Waals surface area contributed by atoms with E-state index in [1.54, 1.807) is 11.8 Å². The number of hydrogen-bond acceptors (Lipinski definition) is 6. The number of urea groups is 2. The summed E-state index contributed by atoms with van der Waals surface area (Å²) in [5.74, 6) is -0.407. The fourth-order valence-electron chi connectivity index (χ4n) is 4.15. The van der Waals surface area contributed by atoms with Gasteiger partial charge in [0.25, 0.3) is 0 Å². The van der Waals surface area contributed by atoms with Gasteiger partial charge in [0.2, 0.25) is 0 Å². The molecule has 2 N–H and O–H groups in total. The molecule has 32 heavy (non-hydrogen) atoms. The smallest absolute Gasteiger partial charge is 0.338 e. The van der Waals surface area contributed by atoms with E-state index in [-0.39, 0.29) is 18.7 Å². The zero-order valence-corrected chi connectivity index (χ0v) is 19.9. The summed E-state index contributed by atoms with van der Waals surface area (Å²) < 4.78 is 5.41. The highest BCUT2D eigenvalue weighted by Gasteiger charge is 2.38. The summed E-state index contributed by atoms with van der Waals surface area (Å²) >= 11 is 1.52. The molecule has 2 aliphatic rings. The van der Waals surface area contributed by atoms with Crippen LogP contribution in [0.2, 0.25) is 0 Å². The number of carbonyl (C=O) groups is 3. The van der Waals surface area contributed by atoms with Crippen LogP contribution in [0, 0.1) is 0 Å². The van der Waals surface area contributed by atoms with Gasteiger partial charge in [-0.3, -0.25) is 9.80 Å². The number of ether oxygens (including phenoxy) is 1. The molecule has 3 rings (SSSR count). The fraction of sp³-hybridized carbons (Fsp3) is 0.591. The molecule has 1 atom stereocenters. The number of nitrogens with zero attached hydrogens (tertiary/aromatic N) is 3. The van der Waals surface area contributed by atoms with Crippen molar-refractivity contribution in [3.8, 4) is 0 Å². The molecule has 9 nitrogen and oxygen atoms in total. The maximum absolute atomic E-state index is 13.1. The monoisotopic (exact) mass is 463 g/mol. The number of thiophene rings is 1. The van der Waals surface area contributed by atoms with Gasteiger partial charge in [-0.25, -0.2) is 14.4 Å². The summed E-state index contributed by atoms with van der Waals surface area (Å²) in [7, 11) is 0. The Labute approximate surface area is 193 Å². The van der Waals surface area contributed by atoms with E-state index >= 15 is 0 Å². The third-order valence-corrected chi connectivity index (χ3v) is 6.41. The molecule has 0 radical (unpaired) electrons. The highest BCUT2D eigenvalue weighted by Crippen LogP contribution is 2.33. The summed E-state index contributed by atoms with van der Waals surface area (Å²) in [6.45, 7) is 10.0. The molecule has 0 aliphatic carbocycles. The quantitative estimate of drug-likeness (QED) is 0.606. The molecule has 1 saturated heterocycles. The molecule has 0 aromatic carbocycles. The Morgan fingerprint density at radius 3 is 2.69 bits per heavy atom. The molecule has 176 valence electrons. The van der Waals surface area contributed by atoms with Crippen LogP contribution in [-0.2, 0) is 9.53 Å². The molecule has 1 aromatic heterocycles. The Balaban J connectivity index is 1.90. The molecular formula is C22H33N5O4S. The molecule has 3 heterocycles. The normalized spacial score (nSPS) is 20.1. The predicted molar refractivity (Wildman–Crippen MR) is 123 cm³/mol. The van der Waals surface area contributed by atoms with Gasteiger partial charge in [0.15, 0.2) is 0 Å². The van der Waals surface area contributed by atoms with Gasteiger partial charge < -0.3 is 20.3 Å². The van der Waals surface area contributed by atoms with E-state index in [2.05, 4.69) is 15.5 Å². The van der Waals surface area contributed by atoms with Gasteiger partial charge in [-0.1, -0.05) is 0 Å². The van der Waals surface area contributed by atoms with Crippen LogP contribution >= 0.6 is 11.3 Å². The SMILES string of the molecule is CCNC(=O)N1CCCN(CC2=C(C(=O)OCC)C(c3ccsc3)NC(=O)N2CC)CC1. The van der Waals surface area contributed by atoms with E-state index in [9.17, 15) is 14.4 Å². The molecule has 1 unspecified atom stereocenters. The van der Waals surface area contributed by atoms with Gasteiger partial charge in [0, 0.05) is 51.5 Å². The van der Waals surface area contributed by atoms with Gasteiger partial charge in [0.1, 0.15) is 0 Å². The van der Waals surface area contributed by atoms with E-state index in [4.69, 9.17) is 4.74 Å². The van der Waals surface area contributed by atoms with Crippen molar-refractivity contribution in [3.63, 3.8) is 0 Å². The molecule has 2 aliphatic heterocycles. The van der Waals surface area contributed by atoms with Crippen molar-refractivity contribution < 1.29 is 19.1 Å². The Bertz CT molecular complexity index is 841. The van der Waals surface area contributed by atoms with Gasteiger partial charge in [-0.05, 0) is 49.6 Å². The van der Waals surface area contributed by atoms with E-state index < -0.39 is 12.0 Å². The van der Waals surface area contributed by atoms with Crippen LogP contribution in [0.3, 0.4) is 0 Å².